The minimum atomic E-state index is -0.602. The first-order valence-corrected chi connectivity index (χ1v) is 7.11. The van der Waals surface area contributed by atoms with E-state index in [9.17, 15) is 14.4 Å². The fourth-order valence-corrected chi connectivity index (χ4v) is 2.13. The van der Waals surface area contributed by atoms with Crippen molar-refractivity contribution >= 4 is 11.7 Å². The standard InChI is InChI=1S/C16H17FN4O/c1-3-4-9-21-15(13(10-18)11(2)20-21)19-16(22)12-7-5-6-8-14(12)17/h5-8H,3-4,9H2,1-2H3,(H,19,22). The summed E-state index contributed by atoms with van der Waals surface area (Å²) in [4.78, 5) is 12.2. The molecule has 1 N–H and O–H groups in total. The molecule has 0 fully saturated rings. The number of hydrogen-bond donors (Lipinski definition) is 1. The average molecular weight is 300 g/mol. The summed E-state index contributed by atoms with van der Waals surface area (Å²) in [5, 5.41) is 16.1. The predicted molar refractivity (Wildman–Crippen MR) is 80.9 cm³/mol. The molecular formula is C16H17FN4O. The molecule has 1 heterocycles. The first kappa shape index (κ1) is 15.7. The van der Waals surface area contributed by atoms with E-state index in [0.717, 1.165) is 12.8 Å². The number of aromatic nitrogens is 2. The molecule has 22 heavy (non-hydrogen) atoms. The maximum atomic E-state index is 13.7. The van der Waals surface area contributed by atoms with Crippen LogP contribution in [0.4, 0.5) is 10.2 Å². The maximum Gasteiger partial charge on any atom is 0.259 e. The molecule has 114 valence electrons. The third-order valence-electron chi connectivity index (χ3n) is 3.31. The largest absolute Gasteiger partial charge is 0.306 e. The molecule has 0 radical (unpaired) electrons. The lowest BCUT2D eigenvalue weighted by Gasteiger charge is -2.09. The molecule has 1 amide bonds. The number of rotatable bonds is 5. The molecule has 6 heteroatoms. The van der Waals surface area contributed by atoms with Gasteiger partial charge in [0.25, 0.3) is 5.91 Å². The van der Waals surface area contributed by atoms with E-state index in [-0.39, 0.29) is 5.56 Å². The molecule has 0 saturated carbocycles. The number of amides is 1. The lowest BCUT2D eigenvalue weighted by Crippen LogP contribution is -2.18. The number of nitriles is 1. The number of aryl methyl sites for hydroxylation is 2. The van der Waals surface area contributed by atoms with Crippen molar-refractivity contribution < 1.29 is 9.18 Å². The highest BCUT2D eigenvalue weighted by Gasteiger charge is 2.19. The highest BCUT2D eigenvalue weighted by molar-refractivity contribution is 6.04. The van der Waals surface area contributed by atoms with E-state index in [1.165, 1.54) is 18.2 Å². The van der Waals surface area contributed by atoms with Crippen molar-refractivity contribution in [2.24, 2.45) is 0 Å². The maximum absolute atomic E-state index is 13.7. The Hall–Kier alpha value is -2.68. The van der Waals surface area contributed by atoms with Crippen LogP contribution in [0.1, 0.15) is 41.4 Å². The summed E-state index contributed by atoms with van der Waals surface area (Å²) in [6, 6.07) is 7.76. The van der Waals surface area contributed by atoms with E-state index in [4.69, 9.17) is 0 Å². The fourth-order valence-electron chi connectivity index (χ4n) is 2.13. The summed E-state index contributed by atoms with van der Waals surface area (Å²) in [7, 11) is 0. The van der Waals surface area contributed by atoms with Crippen LogP contribution < -0.4 is 5.32 Å². The molecule has 0 atom stereocenters. The van der Waals surface area contributed by atoms with Gasteiger partial charge >= 0.3 is 0 Å². The Morgan fingerprint density at radius 2 is 2.18 bits per heavy atom. The van der Waals surface area contributed by atoms with Crippen LogP contribution in [0.5, 0.6) is 0 Å². The van der Waals surface area contributed by atoms with E-state index in [1.807, 2.05) is 13.0 Å². The second-order valence-electron chi connectivity index (χ2n) is 4.93. The van der Waals surface area contributed by atoms with Gasteiger partial charge in [0.2, 0.25) is 0 Å². The molecule has 5 nitrogen and oxygen atoms in total. The topological polar surface area (TPSA) is 70.7 Å². The van der Waals surface area contributed by atoms with Crippen molar-refractivity contribution in [2.75, 3.05) is 5.32 Å². The van der Waals surface area contributed by atoms with E-state index < -0.39 is 11.7 Å². The van der Waals surface area contributed by atoms with Gasteiger partial charge in [-0.1, -0.05) is 25.5 Å². The molecule has 0 aliphatic rings. The Morgan fingerprint density at radius 1 is 1.45 bits per heavy atom. The lowest BCUT2D eigenvalue weighted by molar-refractivity contribution is 0.102. The summed E-state index contributed by atoms with van der Waals surface area (Å²) in [6.07, 6.45) is 1.83. The number of carbonyl (C=O) groups is 1. The molecule has 0 bridgehead atoms. The third-order valence-corrected chi connectivity index (χ3v) is 3.31. The van der Waals surface area contributed by atoms with Crippen LogP contribution in [0.2, 0.25) is 0 Å². The number of nitrogens with zero attached hydrogens (tertiary/aromatic N) is 3. The predicted octanol–water partition coefficient (Wildman–Crippen LogP) is 3.25. The number of anilines is 1. The second kappa shape index (κ2) is 6.85. The van der Waals surface area contributed by atoms with Gasteiger partial charge in [-0.25, -0.2) is 9.07 Å². The number of unbranched alkanes of at least 4 members (excludes halogenated alkanes) is 1. The number of halogens is 1. The van der Waals surface area contributed by atoms with Crippen molar-refractivity contribution in [1.29, 1.82) is 5.26 Å². The molecule has 0 spiro atoms. The molecule has 1 aromatic heterocycles. The van der Waals surface area contributed by atoms with Gasteiger partial charge in [-0.3, -0.25) is 4.79 Å². The molecular weight excluding hydrogens is 283 g/mol. The van der Waals surface area contributed by atoms with Crippen LogP contribution in [0.15, 0.2) is 24.3 Å². The average Bonchev–Trinajstić information content (AvgIpc) is 2.80. The van der Waals surface area contributed by atoms with Gasteiger partial charge in [-0.2, -0.15) is 10.4 Å². The van der Waals surface area contributed by atoms with E-state index in [0.29, 0.717) is 23.6 Å². The van der Waals surface area contributed by atoms with E-state index >= 15 is 0 Å². The molecule has 1 aromatic carbocycles. The van der Waals surface area contributed by atoms with Crippen molar-refractivity contribution in [3.05, 3.63) is 46.9 Å². The zero-order valence-electron chi connectivity index (χ0n) is 12.6. The summed E-state index contributed by atoms with van der Waals surface area (Å²) < 4.78 is 15.3. The van der Waals surface area contributed by atoms with Crippen molar-refractivity contribution in [1.82, 2.24) is 9.78 Å². The van der Waals surface area contributed by atoms with E-state index in [2.05, 4.69) is 10.4 Å². The SMILES string of the molecule is CCCCn1nc(C)c(C#N)c1NC(=O)c1ccccc1F. The van der Waals surface area contributed by atoms with Crippen LogP contribution in [-0.2, 0) is 6.54 Å². The van der Waals surface area contributed by atoms with Crippen LogP contribution in [0.25, 0.3) is 0 Å². The lowest BCUT2D eigenvalue weighted by atomic mass is 10.2. The van der Waals surface area contributed by atoms with Gasteiger partial charge in [-0.15, -0.1) is 0 Å². The Bertz CT molecular complexity index is 730. The van der Waals surface area contributed by atoms with Gasteiger partial charge in [0.1, 0.15) is 23.3 Å². The second-order valence-corrected chi connectivity index (χ2v) is 4.93. The summed E-state index contributed by atoms with van der Waals surface area (Å²) in [6.45, 7) is 4.34. The summed E-state index contributed by atoms with van der Waals surface area (Å²) >= 11 is 0. The normalized spacial score (nSPS) is 10.3. The molecule has 0 aliphatic carbocycles. The van der Waals surface area contributed by atoms with Gasteiger partial charge in [-0.05, 0) is 25.5 Å². The van der Waals surface area contributed by atoms with E-state index in [1.54, 1.807) is 17.7 Å². The number of benzene rings is 1. The molecule has 0 saturated heterocycles. The van der Waals surface area contributed by atoms with Gasteiger partial charge in [0.15, 0.2) is 0 Å². The highest BCUT2D eigenvalue weighted by Crippen LogP contribution is 2.20. The molecule has 2 aromatic rings. The number of hydrogen-bond acceptors (Lipinski definition) is 3. The van der Waals surface area contributed by atoms with Crippen molar-refractivity contribution in [3.63, 3.8) is 0 Å². The van der Waals surface area contributed by atoms with Gasteiger partial charge < -0.3 is 5.32 Å². The summed E-state index contributed by atoms with van der Waals surface area (Å²) in [5.41, 5.74) is 0.788. The van der Waals surface area contributed by atoms with Crippen LogP contribution in [-0.4, -0.2) is 15.7 Å². The zero-order chi connectivity index (χ0) is 16.1. The Kier molecular flexibility index (Phi) is 4.89. The minimum Gasteiger partial charge on any atom is -0.306 e. The quantitative estimate of drug-likeness (QED) is 0.921. The number of nitrogens with one attached hydrogen (secondary N) is 1. The van der Waals surface area contributed by atoms with Crippen molar-refractivity contribution in [3.8, 4) is 6.07 Å². The zero-order valence-corrected chi connectivity index (χ0v) is 12.6. The smallest absolute Gasteiger partial charge is 0.259 e. The Balaban J connectivity index is 2.34. The third kappa shape index (κ3) is 3.14. The fraction of sp³-hybridized carbons (Fsp3) is 0.312. The molecule has 0 aliphatic heterocycles. The Labute approximate surface area is 128 Å². The minimum absolute atomic E-state index is 0.0627. The van der Waals surface area contributed by atoms with Crippen LogP contribution in [0.3, 0.4) is 0 Å². The van der Waals surface area contributed by atoms with Crippen LogP contribution in [0, 0.1) is 24.1 Å². The first-order valence-electron chi connectivity index (χ1n) is 7.11. The monoisotopic (exact) mass is 300 g/mol. The molecule has 0 unspecified atom stereocenters. The summed E-state index contributed by atoms with van der Waals surface area (Å²) in [5.74, 6) is -0.871. The number of carbonyl (C=O) groups excluding carboxylic acids is 1. The highest BCUT2D eigenvalue weighted by atomic mass is 19.1. The van der Waals surface area contributed by atoms with Crippen molar-refractivity contribution in [2.45, 2.75) is 33.2 Å². The van der Waals surface area contributed by atoms with Gasteiger partial charge in [0.05, 0.1) is 11.3 Å². The van der Waals surface area contributed by atoms with Gasteiger partial charge in [0, 0.05) is 6.54 Å². The molecule has 2 rings (SSSR count). The Morgan fingerprint density at radius 3 is 2.82 bits per heavy atom. The van der Waals surface area contributed by atoms with Crippen LogP contribution >= 0.6 is 0 Å². The first-order chi connectivity index (χ1) is 10.6.